The maximum Gasteiger partial charge on any atom is 0.226 e. The molecule has 1 aromatic heterocycles. The summed E-state index contributed by atoms with van der Waals surface area (Å²) in [6.07, 6.45) is 0.422. The fourth-order valence-corrected chi connectivity index (χ4v) is 2.35. The van der Waals surface area contributed by atoms with Gasteiger partial charge in [0.15, 0.2) is 0 Å². The second kappa shape index (κ2) is 4.74. The summed E-state index contributed by atoms with van der Waals surface area (Å²) >= 11 is 11.8. The van der Waals surface area contributed by atoms with E-state index in [4.69, 9.17) is 23.2 Å². The number of halogens is 2. The lowest BCUT2D eigenvalue weighted by atomic mass is 10.3. The van der Waals surface area contributed by atoms with Gasteiger partial charge in [-0.15, -0.1) is 11.3 Å². The first-order chi connectivity index (χ1) is 6.08. The van der Waals surface area contributed by atoms with Crippen LogP contribution in [0.1, 0.15) is 9.75 Å². The van der Waals surface area contributed by atoms with E-state index in [9.17, 15) is 9.59 Å². The molecule has 0 aliphatic heterocycles. The van der Waals surface area contributed by atoms with Crippen molar-refractivity contribution in [3.05, 3.63) is 21.9 Å². The Morgan fingerprint density at radius 3 is 1.77 bits per heavy atom. The van der Waals surface area contributed by atoms with E-state index in [0.717, 1.165) is 9.75 Å². The largest absolute Gasteiger partial charge is 0.281 e. The molecule has 0 bridgehead atoms. The van der Waals surface area contributed by atoms with E-state index in [1.807, 2.05) is 0 Å². The van der Waals surface area contributed by atoms with Crippen molar-refractivity contribution in [3.63, 3.8) is 0 Å². The van der Waals surface area contributed by atoms with Crippen LogP contribution in [0.5, 0.6) is 0 Å². The highest BCUT2D eigenvalue weighted by Crippen LogP contribution is 2.18. The van der Waals surface area contributed by atoms with Gasteiger partial charge in [-0.05, 0) is 35.3 Å². The average molecular weight is 237 g/mol. The molecule has 0 atom stereocenters. The molecule has 0 unspecified atom stereocenters. The van der Waals surface area contributed by atoms with Crippen molar-refractivity contribution in [1.29, 1.82) is 0 Å². The van der Waals surface area contributed by atoms with Crippen molar-refractivity contribution >= 4 is 45.0 Å². The van der Waals surface area contributed by atoms with Crippen LogP contribution in [0.3, 0.4) is 0 Å². The summed E-state index contributed by atoms with van der Waals surface area (Å²) < 4.78 is 0. The van der Waals surface area contributed by atoms with Crippen LogP contribution in [0.4, 0.5) is 0 Å². The van der Waals surface area contributed by atoms with Crippen LogP contribution in [0, 0.1) is 0 Å². The van der Waals surface area contributed by atoms with Gasteiger partial charge in [-0.25, -0.2) is 0 Å². The molecule has 0 fully saturated rings. The van der Waals surface area contributed by atoms with Crippen LogP contribution in [0.25, 0.3) is 0 Å². The van der Waals surface area contributed by atoms with Crippen LogP contribution in [0.2, 0.25) is 0 Å². The summed E-state index contributed by atoms with van der Waals surface area (Å²) in [5.41, 5.74) is 0. The van der Waals surface area contributed by atoms with Gasteiger partial charge in [0.25, 0.3) is 0 Å². The van der Waals surface area contributed by atoms with Crippen LogP contribution < -0.4 is 0 Å². The third-order valence-electron chi connectivity index (χ3n) is 1.34. The predicted octanol–water partition coefficient (Wildman–Crippen LogP) is 2.36. The van der Waals surface area contributed by atoms with Gasteiger partial charge in [0.1, 0.15) is 0 Å². The topological polar surface area (TPSA) is 34.1 Å². The molecule has 5 heteroatoms. The molecular weight excluding hydrogens is 231 g/mol. The van der Waals surface area contributed by atoms with Gasteiger partial charge in [-0.1, -0.05) is 0 Å². The fraction of sp³-hybridized carbons (Fsp3) is 0.250. The van der Waals surface area contributed by atoms with Crippen molar-refractivity contribution in [2.24, 2.45) is 0 Å². The molecule has 0 aromatic carbocycles. The fourth-order valence-electron chi connectivity index (χ4n) is 0.886. The first-order valence-corrected chi connectivity index (χ1v) is 5.09. The molecule has 70 valence electrons. The van der Waals surface area contributed by atoms with E-state index < -0.39 is 10.5 Å². The van der Waals surface area contributed by atoms with Crippen molar-refractivity contribution in [2.75, 3.05) is 0 Å². The maximum absolute atomic E-state index is 10.5. The highest BCUT2D eigenvalue weighted by atomic mass is 35.5. The Morgan fingerprint density at radius 2 is 1.46 bits per heavy atom. The second-order valence-corrected chi connectivity index (χ2v) is 4.53. The van der Waals surface area contributed by atoms with Crippen LogP contribution in [0.15, 0.2) is 12.1 Å². The van der Waals surface area contributed by atoms with Gasteiger partial charge < -0.3 is 0 Å². The van der Waals surface area contributed by atoms with Gasteiger partial charge >= 0.3 is 0 Å². The molecule has 0 aliphatic rings. The Morgan fingerprint density at radius 1 is 1.08 bits per heavy atom. The molecule has 0 amide bonds. The minimum atomic E-state index is -0.398. The molecule has 0 radical (unpaired) electrons. The zero-order chi connectivity index (χ0) is 9.84. The molecule has 1 heterocycles. The number of rotatable bonds is 4. The van der Waals surface area contributed by atoms with E-state index in [0.29, 0.717) is 0 Å². The molecule has 0 aliphatic carbocycles. The minimum absolute atomic E-state index is 0.211. The zero-order valence-electron chi connectivity index (χ0n) is 6.55. The van der Waals surface area contributed by atoms with Crippen molar-refractivity contribution in [1.82, 2.24) is 0 Å². The normalized spacial score (nSPS) is 10.0. The summed E-state index contributed by atoms with van der Waals surface area (Å²) in [4.78, 5) is 22.8. The van der Waals surface area contributed by atoms with Gasteiger partial charge in [0, 0.05) is 9.75 Å². The third kappa shape index (κ3) is 3.89. The van der Waals surface area contributed by atoms with Gasteiger partial charge in [0.05, 0.1) is 12.8 Å². The second-order valence-electron chi connectivity index (χ2n) is 2.43. The minimum Gasteiger partial charge on any atom is -0.281 e. The van der Waals surface area contributed by atoms with Crippen LogP contribution in [-0.2, 0) is 22.4 Å². The Hall–Kier alpha value is -0.380. The third-order valence-corrected chi connectivity index (χ3v) is 2.70. The summed E-state index contributed by atoms with van der Waals surface area (Å²) in [6.45, 7) is 0. The van der Waals surface area contributed by atoms with Crippen LogP contribution >= 0.6 is 34.5 Å². The summed E-state index contributed by atoms with van der Waals surface area (Å²) in [5.74, 6) is 0. The Labute approximate surface area is 89.5 Å². The monoisotopic (exact) mass is 236 g/mol. The number of hydrogen-bond acceptors (Lipinski definition) is 3. The summed E-state index contributed by atoms with van der Waals surface area (Å²) in [6, 6.07) is 3.56. The Bertz CT molecular complexity index is 302. The average Bonchev–Trinajstić information content (AvgIpc) is 2.33. The highest BCUT2D eigenvalue weighted by molar-refractivity contribution is 7.12. The molecule has 0 N–H and O–H groups in total. The van der Waals surface area contributed by atoms with Gasteiger partial charge in [0.2, 0.25) is 10.5 Å². The number of carbonyl (C=O) groups excluding carboxylic acids is 2. The van der Waals surface area contributed by atoms with E-state index in [2.05, 4.69) is 0 Å². The number of thiophene rings is 1. The molecule has 0 saturated heterocycles. The first kappa shape index (κ1) is 10.7. The van der Waals surface area contributed by atoms with Crippen molar-refractivity contribution in [2.45, 2.75) is 12.8 Å². The Balaban J connectivity index is 2.63. The highest BCUT2D eigenvalue weighted by Gasteiger charge is 2.06. The summed E-state index contributed by atoms with van der Waals surface area (Å²) in [5, 5.41) is -0.795. The molecule has 2 nitrogen and oxygen atoms in total. The van der Waals surface area contributed by atoms with Gasteiger partial charge in [-0.2, -0.15) is 0 Å². The number of hydrogen-bond donors (Lipinski definition) is 0. The zero-order valence-corrected chi connectivity index (χ0v) is 8.88. The quantitative estimate of drug-likeness (QED) is 0.753. The van der Waals surface area contributed by atoms with E-state index >= 15 is 0 Å². The first-order valence-electron chi connectivity index (χ1n) is 3.52. The van der Waals surface area contributed by atoms with E-state index in [1.54, 1.807) is 12.1 Å². The maximum atomic E-state index is 10.5. The molecule has 0 spiro atoms. The van der Waals surface area contributed by atoms with E-state index in [1.165, 1.54) is 11.3 Å². The molecular formula is C8H6Cl2O2S. The van der Waals surface area contributed by atoms with E-state index in [-0.39, 0.29) is 12.8 Å². The lowest BCUT2D eigenvalue weighted by molar-refractivity contribution is -0.111. The van der Waals surface area contributed by atoms with Crippen LogP contribution in [-0.4, -0.2) is 10.5 Å². The standard InChI is InChI=1S/C8H6Cl2O2S/c9-7(11)3-5-1-2-6(13-5)4-8(10)12/h1-2H,3-4H2. The molecule has 13 heavy (non-hydrogen) atoms. The molecule has 0 saturated carbocycles. The molecule has 1 rings (SSSR count). The lowest BCUT2D eigenvalue weighted by Gasteiger charge is -1.88. The van der Waals surface area contributed by atoms with Gasteiger partial charge in [-0.3, -0.25) is 9.59 Å². The summed E-state index contributed by atoms with van der Waals surface area (Å²) in [7, 11) is 0. The van der Waals surface area contributed by atoms with Crippen molar-refractivity contribution < 1.29 is 9.59 Å². The lowest BCUT2D eigenvalue weighted by Crippen LogP contribution is -1.90. The van der Waals surface area contributed by atoms with Crippen molar-refractivity contribution in [3.8, 4) is 0 Å². The number of carbonyl (C=O) groups is 2. The SMILES string of the molecule is O=C(Cl)Cc1ccc(CC(=O)Cl)s1. The Kier molecular flexibility index (Phi) is 3.90. The predicted molar refractivity (Wildman–Crippen MR) is 53.4 cm³/mol. The smallest absolute Gasteiger partial charge is 0.226 e. The molecule has 1 aromatic rings.